The Hall–Kier alpha value is -3.93. The Kier molecular flexibility index (Phi) is 12.4. The minimum atomic E-state index is -0.671. The molecule has 3 aromatic rings. The number of methoxy groups -OCH3 is 1. The first-order valence-electron chi connectivity index (χ1n) is 18.4. The summed E-state index contributed by atoms with van der Waals surface area (Å²) in [4.78, 5) is 50.4. The molecule has 2 saturated heterocycles. The molecule has 1 saturated carbocycles. The molecule has 290 valence electrons. The van der Waals surface area contributed by atoms with Crippen molar-refractivity contribution in [2.24, 2.45) is 5.92 Å². The first-order chi connectivity index (χ1) is 25.7. The molecule has 3 amide bonds. The number of benzene rings is 2. The molecule has 1 N–H and O–H groups in total. The first-order valence-corrected chi connectivity index (χ1v) is 19.5. The molecule has 14 heteroatoms. The molecule has 3 atom stereocenters. The Morgan fingerprint density at radius 3 is 2.33 bits per heavy atom. The smallest absolute Gasteiger partial charge is 0.410 e. The summed E-state index contributed by atoms with van der Waals surface area (Å²) in [6.07, 6.45) is 3.93. The third-order valence-corrected chi connectivity index (χ3v) is 11.0. The Morgan fingerprint density at radius 2 is 1.69 bits per heavy atom. The Balaban J connectivity index is 1.20. The summed E-state index contributed by atoms with van der Waals surface area (Å²) < 4.78 is 16.7. The van der Waals surface area contributed by atoms with E-state index in [9.17, 15) is 14.4 Å². The zero-order valence-corrected chi connectivity index (χ0v) is 33.6. The second-order valence-corrected chi connectivity index (χ2v) is 16.6. The number of nitrogens with one attached hydrogen (secondary N) is 1. The van der Waals surface area contributed by atoms with Crippen molar-refractivity contribution in [1.29, 1.82) is 0 Å². The Labute approximate surface area is 332 Å². The molecule has 11 nitrogen and oxygen atoms in total. The quantitative estimate of drug-likeness (QED) is 0.218. The average molecular weight is 801 g/mol. The number of aryl methyl sites for hydroxylation is 1. The van der Waals surface area contributed by atoms with Crippen LogP contribution in [0.1, 0.15) is 74.6 Å². The molecule has 0 spiro atoms. The number of hydrogen-bond acceptors (Lipinski definition) is 8. The molecule has 0 radical (unpaired) electrons. The van der Waals surface area contributed by atoms with E-state index in [4.69, 9.17) is 54.0 Å². The van der Waals surface area contributed by atoms with E-state index in [2.05, 4.69) is 16.3 Å². The van der Waals surface area contributed by atoms with E-state index >= 15 is 0 Å². The van der Waals surface area contributed by atoms with Gasteiger partial charge in [0.05, 0.1) is 29.6 Å². The van der Waals surface area contributed by atoms with Crippen molar-refractivity contribution in [3.05, 3.63) is 86.0 Å². The van der Waals surface area contributed by atoms with Crippen LogP contribution < -0.4 is 15.0 Å². The summed E-state index contributed by atoms with van der Waals surface area (Å²) in [6, 6.07) is 13.3. The van der Waals surface area contributed by atoms with Gasteiger partial charge in [-0.2, -0.15) is 0 Å². The lowest BCUT2D eigenvalue weighted by molar-refractivity contribution is -0.139. The summed E-state index contributed by atoms with van der Waals surface area (Å²) in [6.45, 7) is 10.1. The minimum Gasteiger partial charge on any atom is -0.485 e. The Morgan fingerprint density at radius 1 is 0.944 bits per heavy atom. The summed E-state index contributed by atoms with van der Waals surface area (Å²) in [5.74, 6) is 0.567. The van der Waals surface area contributed by atoms with Gasteiger partial charge in [-0.15, -0.1) is 0 Å². The van der Waals surface area contributed by atoms with Gasteiger partial charge in [-0.3, -0.25) is 4.79 Å². The lowest BCUT2D eigenvalue weighted by Gasteiger charge is -2.40. The maximum Gasteiger partial charge on any atom is 0.410 e. The highest BCUT2D eigenvalue weighted by molar-refractivity contribution is 6.37. The molecule has 3 fully saturated rings. The summed E-state index contributed by atoms with van der Waals surface area (Å²) in [5.41, 5.74) is 2.85. The van der Waals surface area contributed by atoms with Crippen molar-refractivity contribution >= 4 is 58.7 Å². The van der Waals surface area contributed by atoms with E-state index in [0.717, 1.165) is 53.9 Å². The third kappa shape index (κ3) is 9.83. The lowest BCUT2D eigenvalue weighted by atomic mass is 9.80. The molecule has 2 aromatic carbocycles. The number of aromatic nitrogens is 1. The summed E-state index contributed by atoms with van der Waals surface area (Å²) in [5, 5.41) is 4.21. The zero-order chi connectivity index (χ0) is 38.7. The number of pyridine rings is 1. The summed E-state index contributed by atoms with van der Waals surface area (Å²) >= 11 is 19.6. The van der Waals surface area contributed by atoms with Crippen LogP contribution in [0, 0.1) is 12.8 Å². The van der Waals surface area contributed by atoms with E-state index in [1.165, 1.54) is 7.11 Å². The van der Waals surface area contributed by atoms with Gasteiger partial charge in [0.15, 0.2) is 5.75 Å². The van der Waals surface area contributed by atoms with E-state index in [0.29, 0.717) is 46.9 Å². The number of amides is 3. The third-order valence-electron chi connectivity index (χ3n) is 10.0. The highest BCUT2D eigenvalue weighted by Gasteiger charge is 2.43. The number of carbonyl (C=O) groups is 3. The number of halogens is 3. The maximum absolute atomic E-state index is 14.8. The van der Waals surface area contributed by atoms with Crippen molar-refractivity contribution in [3.8, 4) is 5.75 Å². The molecule has 6 rings (SSSR count). The number of ether oxygens (including phenoxy) is 3. The van der Waals surface area contributed by atoms with Gasteiger partial charge in [0.25, 0.3) is 0 Å². The zero-order valence-electron chi connectivity index (χ0n) is 31.4. The van der Waals surface area contributed by atoms with Crippen LogP contribution in [0.4, 0.5) is 15.4 Å². The number of likely N-dealkylation sites (tertiary alicyclic amines) is 1. The van der Waals surface area contributed by atoms with Crippen LogP contribution in [0.5, 0.6) is 5.75 Å². The van der Waals surface area contributed by atoms with Crippen molar-refractivity contribution in [1.82, 2.24) is 20.1 Å². The predicted molar refractivity (Wildman–Crippen MR) is 210 cm³/mol. The second-order valence-electron chi connectivity index (χ2n) is 15.4. The lowest BCUT2D eigenvalue weighted by Crippen LogP contribution is -2.51. The molecule has 3 heterocycles. The van der Waals surface area contributed by atoms with Gasteiger partial charge in [-0.1, -0.05) is 53.0 Å². The fourth-order valence-electron chi connectivity index (χ4n) is 7.17. The van der Waals surface area contributed by atoms with E-state index in [-0.39, 0.29) is 37.1 Å². The standard InChI is InChI=1S/C40H48Cl3N5O6/c1-24-16-33(42)36(34(43)17-24)53-29-12-14-46(22-29)35-11-7-26(20-44-35)30-13-15-47(39(51)54-40(2,3)4)23-31(30)37(49)48(28-8-9-28)21-27-18-25(6-10-32(27)41)19-45-38(50)52-5/h6-7,10-11,16-18,20,28-31H,8-9,12-15,19,21-23H2,1-5H3,(H,45,50)/t29-,30?,31?/m1/s1. The van der Waals surface area contributed by atoms with Gasteiger partial charge in [0.1, 0.15) is 17.5 Å². The predicted octanol–water partition coefficient (Wildman–Crippen LogP) is 8.40. The number of carbonyl (C=O) groups excluding carboxylic acids is 3. The van der Waals surface area contributed by atoms with E-state index < -0.39 is 23.7 Å². The number of hydrogen-bond donors (Lipinski definition) is 1. The van der Waals surface area contributed by atoms with Gasteiger partial charge in [0.2, 0.25) is 5.91 Å². The van der Waals surface area contributed by atoms with E-state index in [1.54, 1.807) is 11.0 Å². The van der Waals surface area contributed by atoms with Crippen LogP contribution in [0.3, 0.4) is 0 Å². The van der Waals surface area contributed by atoms with Crippen LogP contribution in [0.15, 0.2) is 48.7 Å². The molecular weight excluding hydrogens is 753 g/mol. The van der Waals surface area contributed by atoms with Gasteiger partial charge in [-0.05, 0) is 93.5 Å². The van der Waals surface area contributed by atoms with Crippen molar-refractivity contribution < 1.29 is 28.6 Å². The summed E-state index contributed by atoms with van der Waals surface area (Å²) in [7, 11) is 1.31. The average Bonchev–Trinajstić information content (AvgIpc) is 3.87. The fraction of sp³-hybridized carbons (Fsp3) is 0.500. The first kappa shape index (κ1) is 39.8. The maximum atomic E-state index is 14.8. The number of nitrogens with zero attached hydrogens (tertiary/aromatic N) is 4. The molecule has 2 unspecified atom stereocenters. The molecule has 3 aliphatic rings. The molecule has 1 aliphatic carbocycles. The van der Waals surface area contributed by atoms with Gasteiger partial charge in [-0.25, -0.2) is 14.6 Å². The molecule has 0 bridgehead atoms. The minimum absolute atomic E-state index is 0.0399. The second kappa shape index (κ2) is 16.8. The highest BCUT2D eigenvalue weighted by atomic mass is 35.5. The van der Waals surface area contributed by atoms with Crippen LogP contribution in [-0.2, 0) is 27.4 Å². The van der Waals surface area contributed by atoms with Gasteiger partial charge in [0, 0.05) is 62.3 Å². The van der Waals surface area contributed by atoms with Crippen LogP contribution in [-0.4, -0.2) is 83.9 Å². The van der Waals surface area contributed by atoms with Crippen molar-refractivity contribution in [2.75, 3.05) is 38.2 Å². The van der Waals surface area contributed by atoms with Gasteiger partial charge < -0.3 is 34.2 Å². The Bertz CT molecular complexity index is 1830. The largest absolute Gasteiger partial charge is 0.485 e. The normalized spacial score (nSPS) is 20.0. The number of piperidine rings is 1. The van der Waals surface area contributed by atoms with Crippen molar-refractivity contribution in [3.63, 3.8) is 0 Å². The topological polar surface area (TPSA) is 114 Å². The van der Waals surface area contributed by atoms with Crippen LogP contribution >= 0.6 is 34.8 Å². The molecule has 2 aliphatic heterocycles. The van der Waals surface area contributed by atoms with E-state index in [1.807, 2.05) is 69.1 Å². The van der Waals surface area contributed by atoms with Crippen molar-refractivity contribution in [2.45, 2.75) is 90.1 Å². The fourth-order valence-corrected chi connectivity index (χ4v) is 8.03. The monoisotopic (exact) mass is 799 g/mol. The SMILES string of the molecule is COC(=O)NCc1ccc(Cl)c(CN(C(=O)C2CN(C(=O)OC(C)(C)C)CCC2c2ccc(N3CC[C@@H](Oc4c(Cl)cc(C)cc4Cl)C3)nc2)C2CC2)c1. The molecule has 1 aromatic heterocycles. The number of alkyl carbamates (subject to hydrolysis) is 1. The van der Waals surface area contributed by atoms with Crippen LogP contribution in [0.25, 0.3) is 0 Å². The molecular formula is C40H48Cl3N5O6. The number of rotatable bonds is 10. The highest BCUT2D eigenvalue weighted by Crippen LogP contribution is 2.40. The van der Waals surface area contributed by atoms with Crippen LogP contribution in [0.2, 0.25) is 15.1 Å². The molecule has 54 heavy (non-hydrogen) atoms. The number of anilines is 1. The van der Waals surface area contributed by atoms with Gasteiger partial charge >= 0.3 is 12.2 Å².